The maximum atomic E-state index is 5.27. The fourth-order valence-corrected chi connectivity index (χ4v) is 8.78. The summed E-state index contributed by atoms with van der Waals surface area (Å²) in [6.07, 6.45) is 2.00. The van der Waals surface area contributed by atoms with Gasteiger partial charge in [-0.3, -0.25) is 9.98 Å². The van der Waals surface area contributed by atoms with Crippen molar-refractivity contribution in [3.63, 3.8) is 0 Å². The second-order valence-electron chi connectivity index (χ2n) is 16.7. The average Bonchev–Trinajstić information content (AvgIpc) is 3.50. The van der Waals surface area contributed by atoms with E-state index in [0.717, 1.165) is 24.3 Å². The van der Waals surface area contributed by atoms with Crippen molar-refractivity contribution >= 4 is 33.6 Å². The molecule has 0 aromatic heterocycles. The summed E-state index contributed by atoms with van der Waals surface area (Å²) < 4.78 is 0. The maximum absolute atomic E-state index is 5.27. The third-order valence-corrected chi connectivity index (χ3v) is 11.1. The van der Waals surface area contributed by atoms with Gasteiger partial charge in [0.1, 0.15) is 0 Å². The Labute approximate surface area is 266 Å². The van der Waals surface area contributed by atoms with Crippen molar-refractivity contribution in [3.8, 4) is 0 Å². The lowest BCUT2D eigenvalue weighted by Gasteiger charge is -2.30. The van der Waals surface area contributed by atoms with Gasteiger partial charge in [-0.2, -0.15) is 0 Å². The van der Waals surface area contributed by atoms with Crippen molar-refractivity contribution in [1.82, 2.24) is 0 Å². The lowest BCUT2D eigenvalue weighted by molar-refractivity contribution is 0.557. The normalized spacial score (nSPS) is 20.2. The number of nitrogens with zero attached hydrogens (tertiary/aromatic N) is 2. The summed E-state index contributed by atoms with van der Waals surface area (Å²) in [7, 11) is 0. The van der Waals surface area contributed by atoms with Gasteiger partial charge in [0.2, 0.25) is 0 Å². The molecule has 0 unspecified atom stereocenters. The van der Waals surface area contributed by atoms with E-state index in [1.807, 2.05) is 23.5 Å². The summed E-state index contributed by atoms with van der Waals surface area (Å²) in [5.41, 5.74) is 12.0. The van der Waals surface area contributed by atoms with Crippen molar-refractivity contribution in [2.45, 2.75) is 144 Å². The molecule has 0 bridgehead atoms. The minimum Gasteiger partial charge on any atom is -0.274 e. The molecule has 0 saturated heterocycles. The summed E-state index contributed by atoms with van der Waals surface area (Å²) in [6.45, 7) is 32.6. The van der Waals surface area contributed by atoms with Gasteiger partial charge in [0, 0.05) is 24.3 Å². The second-order valence-corrected chi connectivity index (χ2v) is 18.9. The molecule has 0 radical (unpaired) electrons. The third kappa shape index (κ3) is 7.40. The molecule has 2 atom stereocenters. The Morgan fingerprint density at radius 2 is 0.786 bits per heavy atom. The number of thioether (sulfide) groups is 2. The highest BCUT2D eigenvalue weighted by Gasteiger charge is 2.30. The zero-order valence-corrected chi connectivity index (χ0v) is 30.6. The smallest absolute Gasteiger partial charge is 0.0852 e. The highest BCUT2D eigenvalue weighted by Crippen LogP contribution is 2.42. The zero-order valence-electron chi connectivity index (χ0n) is 29.0. The van der Waals surface area contributed by atoms with E-state index < -0.39 is 0 Å². The predicted octanol–water partition coefficient (Wildman–Crippen LogP) is 11.3. The molecule has 2 heterocycles. The SMILES string of the molecule is Cc1c(C(C)(C)C)cc([C@@H]2CSC(CCC3=N[C@H](c4cc(C(C)(C)C)c(C)c(C(C)(C)C)c4)CS3)=N2)cc1C(C)(C)C. The Balaban J connectivity index is 1.53. The molecular weight excluding hydrogens is 549 g/mol. The summed E-state index contributed by atoms with van der Waals surface area (Å²) >= 11 is 3.91. The molecule has 2 aliphatic heterocycles. The second kappa shape index (κ2) is 11.8. The molecule has 2 aromatic rings. The Morgan fingerprint density at radius 1 is 0.524 bits per heavy atom. The van der Waals surface area contributed by atoms with Crippen LogP contribution >= 0.6 is 23.5 Å². The Morgan fingerprint density at radius 3 is 1.02 bits per heavy atom. The largest absolute Gasteiger partial charge is 0.274 e. The standard InChI is InChI=1S/C38H56N2S2/c1-23-27(35(3,4)5)17-25(18-28(23)36(6,7)8)31-21-41-33(39-31)15-16-34-40-32(22-42-34)26-19-29(37(9,10)11)24(2)30(20-26)38(12,13)14/h17-20,31-32H,15-16,21-22H2,1-14H3/t31-,32-/m0/s1. The Hall–Kier alpha value is -1.52. The van der Waals surface area contributed by atoms with Gasteiger partial charge in [-0.1, -0.05) is 107 Å². The first-order chi connectivity index (χ1) is 19.2. The van der Waals surface area contributed by atoms with Crippen LogP contribution in [0.4, 0.5) is 0 Å². The lowest BCUT2D eigenvalue weighted by atomic mass is 9.75. The van der Waals surface area contributed by atoms with Gasteiger partial charge in [-0.05, 0) is 80.0 Å². The number of hydrogen-bond acceptors (Lipinski definition) is 4. The first-order valence-corrected chi connectivity index (χ1v) is 17.8. The minimum atomic E-state index is 0.117. The number of aliphatic imine (C=N–C) groups is 2. The lowest BCUT2D eigenvalue weighted by Crippen LogP contribution is -2.20. The van der Waals surface area contributed by atoms with Crippen LogP contribution in [0.5, 0.6) is 0 Å². The van der Waals surface area contributed by atoms with Crippen LogP contribution in [0, 0.1) is 13.8 Å². The number of hydrogen-bond donors (Lipinski definition) is 0. The fraction of sp³-hybridized carbons (Fsp3) is 0.632. The first-order valence-electron chi connectivity index (χ1n) is 15.9. The molecule has 2 aliphatic rings. The van der Waals surface area contributed by atoms with Crippen LogP contribution in [0.1, 0.15) is 153 Å². The van der Waals surface area contributed by atoms with Gasteiger partial charge < -0.3 is 0 Å². The highest BCUT2D eigenvalue weighted by molar-refractivity contribution is 8.14. The first kappa shape index (κ1) is 33.4. The van der Waals surface area contributed by atoms with Crippen molar-refractivity contribution in [1.29, 1.82) is 0 Å². The van der Waals surface area contributed by atoms with Crippen LogP contribution in [0.3, 0.4) is 0 Å². The quantitative estimate of drug-likeness (QED) is 0.339. The van der Waals surface area contributed by atoms with E-state index in [1.165, 1.54) is 54.6 Å². The summed E-state index contributed by atoms with van der Waals surface area (Å²) in [5.74, 6) is 2.09. The van der Waals surface area contributed by atoms with E-state index in [9.17, 15) is 0 Å². The molecule has 230 valence electrons. The van der Waals surface area contributed by atoms with Crippen molar-refractivity contribution in [2.75, 3.05) is 11.5 Å². The summed E-state index contributed by atoms with van der Waals surface area (Å²) in [6, 6.07) is 10.3. The molecule has 2 aromatic carbocycles. The minimum absolute atomic E-state index is 0.117. The fourth-order valence-electron chi connectivity index (χ4n) is 6.65. The number of benzene rings is 2. The Bertz CT molecular complexity index is 1210. The van der Waals surface area contributed by atoms with E-state index in [0.29, 0.717) is 0 Å². The average molecular weight is 605 g/mol. The molecule has 0 amide bonds. The molecule has 2 nitrogen and oxygen atoms in total. The van der Waals surface area contributed by atoms with Crippen LogP contribution in [0.2, 0.25) is 0 Å². The Kier molecular flexibility index (Phi) is 9.35. The van der Waals surface area contributed by atoms with E-state index in [1.54, 1.807) is 0 Å². The highest BCUT2D eigenvalue weighted by atomic mass is 32.2. The molecule has 0 aliphatic carbocycles. The maximum Gasteiger partial charge on any atom is 0.0852 e. The monoisotopic (exact) mass is 604 g/mol. The summed E-state index contributed by atoms with van der Waals surface area (Å²) in [4.78, 5) is 10.5. The van der Waals surface area contributed by atoms with Crippen molar-refractivity contribution < 1.29 is 0 Å². The molecule has 0 saturated carbocycles. The predicted molar refractivity (Wildman–Crippen MR) is 192 cm³/mol. The summed E-state index contributed by atoms with van der Waals surface area (Å²) in [5, 5.41) is 2.59. The molecule has 4 rings (SSSR count). The molecular formula is C38H56N2S2. The van der Waals surface area contributed by atoms with Crippen LogP contribution in [-0.4, -0.2) is 21.6 Å². The van der Waals surface area contributed by atoms with Crippen molar-refractivity contribution in [3.05, 3.63) is 68.8 Å². The van der Waals surface area contributed by atoms with Crippen molar-refractivity contribution in [2.24, 2.45) is 9.98 Å². The van der Waals surface area contributed by atoms with Gasteiger partial charge in [0.05, 0.1) is 22.2 Å². The van der Waals surface area contributed by atoms with Crippen LogP contribution in [-0.2, 0) is 21.7 Å². The van der Waals surface area contributed by atoms with Gasteiger partial charge in [-0.15, -0.1) is 23.5 Å². The molecule has 4 heteroatoms. The third-order valence-electron chi connectivity index (χ3n) is 8.83. The van der Waals surface area contributed by atoms with E-state index in [2.05, 4.69) is 121 Å². The molecule has 0 N–H and O–H groups in total. The van der Waals surface area contributed by atoms with Crippen LogP contribution in [0.25, 0.3) is 0 Å². The number of rotatable bonds is 5. The molecule has 42 heavy (non-hydrogen) atoms. The van der Waals surface area contributed by atoms with Gasteiger partial charge >= 0.3 is 0 Å². The van der Waals surface area contributed by atoms with E-state index in [4.69, 9.17) is 9.98 Å². The van der Waals surface area contributed by atoms with Gasteiger partial charge in [0.15, 0.2) is 0 Å². The molecule has 0 spiro atoms. The topological polar surface area (TPSA) is 24.7 Å². The van der Waals surface area contributed by atoms with Gasteiger partial charge in [0.25, 0.3) is 0 Å². The molecule has 0 fully saturated rings. The van der Waals surface area contributed by atoms with Gasteiger partial charge in [-0.25, -0.2) is 0 Å². The van der Waals surface area contributed by atoms with E-state index in [-0.39, 0.29) is 33.7 Å². The van der Waals surface area contributed by atoms with Crippen LogP contribution < -0.4 is 0 Å². The van der Waals surface area contributed by atoms with E-state index >= 15 is 0 Å². The zero-order chi connectivity index (χ0) is 31.4. The van der Waals surface area contributed by atoms with Crippen LogP contribution in [0.15, 0.2) is 34.3 Å².